The molecule has 0 aliphatic rings. The molecule has 1 amide bonds. The Balaban J connectivity index is 1.96. The molecule has 1 N–H and O–H groups in total. The predicted octanol–water partition coefficient (Wildman–Crippen LogP) is 5.24. The van der Waals surface area contributed by atoms with Crippen LogP contribution in [0.1, 0.15) is 35.0 Å². The lowest BCUT2D eigenvalue weighted by atomic mass is 10.1. The maximum absolute atomic E-state index is 12.7. The molecule has 0 aliphatic carbocycles. The third kappa shape index (κ3) is 4.43. The van der Waals surface area contributed by atoms with Crippen LogP contribution in [0.25, 0.3) is 11.3 Å². The molecule has 0 saturated carbocycles. The van der Waals surface area contributed by atoms with E-state index >= 15 is 0 Å². The number of benzene rings is 2. The molecule has 0 spiro atoms. The number of thiazole rings is 1. The van der Waals surface area contributed by atoms with Crippen LogP contribution in [-0.2, 0) is 9.84 Å². The lowest BCUT2D eigenvalue weighted by Crippen LogP contribution is -2.13. The molecular weight excluding hydrogens is 416 g/mol. The Bertz CT molecular complexity index is 1120. The van der Waals surface area contributed by atoms with E-state index in [1.54, 1.807) is 0 Å². The van der Waals surface area contributed by atoms with Crippen LogP contribution in [0.2, 0.25) is 5.02 Å². The van der Waals surface area contributed by atoms with Gasteiger partial charge in [0.05, 0.1) is 21.2 Å². The van der Waals surface area contributed by atoms with Gasteiger partial charge in [0.1, 0.15) is 0 Å². The van der Waals surface area contributed by atoms with Crippen LogP contribution >= 0.6 is 22.9 Å². The first kappa shape index (κ1) is 20.5. The predicted molar refractivity (Wildman–Crippen MR) is 114 cm³/mol. The van der Waals surface area contributed by atoms with Gasteiger partial charge in [-0.2, -0.15) is 0 Å². The number of nitrogens with one attached hydrogen (secondary N) is 1. The summed E-state index contributed by atoms with van der Waals surface area (Å²) in [6.45, 7) is 4.13. The summed E-state index contributed by atoms with van der Waals surface area (Å²) in [5.74, 6) is -0.269. The largest absolute Gasteiger partial charge is 0.298 e. The van der Waals surface area contributed by atoms with Gasteiger partial charge in [0, 0.05) is 16.7 Å². The lowest BCUT2D eigenvalue weighted by molar-refractivity contribution is 0.102. The number of nitrogens with zero attached hydrogens (tertiary/aromatic N) is 1. The Morgan fingerprint density at radius 3 is 2.43 bits per heavy atom. The lowest BCUT2D eigenvalue weighted by Gasteiger charge is -2.06. The van der Waals surface area contributed by atoms with Crippen molar-refractivity contribution in [2.75, 3.05) is 11.6 Å². The number of halogens is 1. The third-order valence-corrected chi connectivity index (χ3v) is 6.77. The Kier molecular flexibility index (Phi) is 5.88. The van der Waals surface area contributed by atoms with Gasteiger partial charge in [-0.15, -0.1) is 11.3 Å². The molecule has 0 fully saturated rings. The molecule has 0 saturated heterocycles. The average molecular weight is 435 g/mol. The summed E-state index contributed by atoms with van der Waals surface area (Å²) >= 11 is 7.51. The van der Waals surface area contributed by atoms with Crippen molar-refractivity contribution in [3.05, 3.63) is 64.0 Å². The number of amides is 1. The first-order valence-corrected chi connectivity index (χ1v) is 11.6. The number of aromatic nitrogens is 1. The van der Waals surface area contributed by atoms with Gasteiger partial charge in [-0.05, 0) is 24.1 Å². The molecule has 0 bridgehead atoms. The third-order valence-electron chi connectivity index (χ3n) is 4.06. The van der Waals surface area contributed by atoms with Crippen LogP contribution in [0.4, 0.5) is 5.13 Å². The van der Waals surface area contributed by atoms with Gasteiger partial charge in [-0.1, -0.05) is 55.8 Å². The molecule has 2 aromatic carbocycles. The van der Waals surface area contributed by atoms with Crippen molar-refractivity contribution in [1.29, 1.82) is 0 Å². The number of sulfone groups is 1. The summed E-state index contributed by atoms with van der Waals surface area (Å²) < 4.78 is 23.5. The molecule has 3 aromatic rings. The fourth-order valence-corrected chi connectivity index (χ4v) is 4.49. The number of anilines is 1. The maximum Gasteiger partial charge on any atom is 0.259 e. The van der Waals surface area contributed by atoms with E-state index in [9.17, 15) is 13.2 Å². The van der Waals surface area contributed by atoms with Crippen molar-refractivity contribution in [2.45, 2.75) is 24.7 Å². The zero-order chi connectivity index (χ0) is 20.5. The van der Waals surface area contributed by atoms with Crippen LogP contribution < -0.4 is 5.32 Å². The van der Waals surface area contributed by atoms with E-state index in [1.807, 2.05) is 30.3 Å². The number of hydrogen-bond donors (Lipinski definition) is 1. The molecule has 0 radical (unpaired) electrons. The standard InChI is InChI=1S/C20H19ClN2O3S2/c1-12(2)18-17(13-7-5-4-6-8-13)22-20(27-18)23-19(24)15-11-14(28(3,25)26)9-10-16(15)21/h4-12H,1-3H3,(H,22,23,24). The SMILES string of the molecule is CC(C)c1sc(NC(=O)c2cc(S(C)(=O)=O)ccc2Cl)nc1-c1ccccc1. The van der Waals surface area contributed by atoms with E-state index in [-0.39, 0.29) is 21.4 Å². The first-order chi connectivity index (χ1) is 13.2. The quantitative estimate of drug-likeness (QED) is 0.595. The monoisotopic (exact) mass is 434 g/mol. The highest BCUT2D eigenvalue weighted by Gasteiger charge is 2.20. The average Bonchev–Trinajstić information content (AvgIpc) is 3.06. The van der Waals surface area contributed by atoms with Crippen LogP contribution in [-0.4, -0.2) is 25.6 Å². The van der Waals surface area contributed by atoms with E-state index in [4.69, 9.17) is 11.6 Å². The number of carbonyl (C=O) groups is 1. The van der Waals surface area contributed by atoms with Gasteiger partial charge in [-0.25, -0.2) is 13.4 Å². The first-order valence-electron chi connectivity index (χ1n) is 8.54. The fourth-order valence-electron chi connectivity index (χ4n) is 2.65. The summed E-state index contributed by atoms with van der Waals surface area (Å²) in [5.41, 5.74) is 1.89. The summed E-state index contributed by atoms with van der Waals surface area (Å²) in [5, 5.41) is 3.37. The maximum atomic E-state index is 12.7. The zero-order valence-corrected chi connectivity index (χ0v) is 18.0. The van der Waals surface area contributed by atoms with E-state index in [0.29, 0.717) is 5.13 Å². The van der Waals surface area contributed by atoms with Crippen molar-refractivity contribution < 1.29 is 13.2 Å². The Labute approximate surface area is 173 Å². The normalized spacial score (nSPS) is 11.6. The molecule has 3 rings (SSSR count). The minimum absolute atomic E-state index is 0.0361. The van der Waals surface area contributed by atoms with E-state index < -0.39 is 15.7 Å². The van der Waals surface area contributed by atoms with Crippen molar-refractivity contribution in [1.82, 2.24) is 4.98 Å². The van der Waals surface area contributed by atoms with Crippen molar-refractivity contribution in [2.24, 2.45) is 0 Å². The van der Waals surface area contributed by atoms with E-state index in [2.05, 4.69) is 24.1 Å². The summed E-state index contributed by atoms with van der Waals surface area (Å²) in [4.78, 5) is 18.4. The van der Waals surface area contributed by atoms with Gasteiger partial charge in [0.2, 0.25) is 0 Å². The fraction of sp³-hybridized carbons (Fsp3) is 0.200. The number of hydrogen-bond acceptors (Lipinski definition) is 5. The summed E-state index contributed by atoms with van der Waals surface area (Å²) in [6, 6.07) is 13.8. The van der Waals surface area contributed by atoms with Crippen LogP contribution in [0.15, 0.2) is 53.4 Å². The van der Waals surface area contributed by atoms with Crippen molar-refractivity contribution >= 4 is 43.8 Å². The topological polar surface area (TPSA) is 76.1 Å². The van der Waals surface area contributed by atoms with E-state index in [1.165, 1.54) is 29.5 Å². The molecule has 0 aliphatic heterocycles. The number of rotatable bonds is 5. The van der Waals surface area contributed by atoms with Crippen LogP contribution in [0, 0.1) is 0 Å². The number of carbonyl (C=O) groups excluding carboxylic acids is 1. The molecule has 0 atom stereocenters. The zero-order valence-electron chi connectivity index (χ0n) is 15.6. The second kappa shape index (κ2) is 8.03. The van der Waals surface area contributed by atoms with E-state index in [0.717, 1.165) is 22.4 Å². The molecule has 5 nitrogen and oxygen atoms in total. The summed E-state index contributed by atoms with van der Waals surface area (Å²) in [6.07, 6.45) is 1.08. The minimum Gasteiger partial charge on any atom is -0.298 e. The van der Waals surface area contributed by atoms with Crippen LogP contribution in [0.3, 0.4) is 0 Å². The molecular formula is C20H19ClN2O3S2. The second-order valence-electron chi connectivity index (χ2n) is 6.62. The smallest absolute Gasteiger partial charge is 0.259 e. The van der Waals surface area contributed by atoms with Gasteiger partial charge in [0.25, 0.3) is 5.91 Å². The molecule has 0 unspecified atom stereocenters. The highest BCUT2D eigenvalue weighted by molar-refractivity contribution is 7.90. The second-order valence-corrected chi connectivity index (χ2v) is 10.1. The van der Waals surface area contributed by atoms with Gasteiger partial charge >= 0.3 is 0 Å². The Morgan fingerprint density at radius 1 is 1.14 bits per heavy atom. The van der Waals surface area contributed by atoms with Crippen LogP contribution in [0.5, 0.6) is 0 Å². The van der Waals surface area contributed by atoms with Crippen molar-refractivity contribution in [3.63, 3.8) is 0 Å². The highest BCUT2D eigenvalue weighted by Crippen LogP contribution is 2.36. The molecule has 8 heteroatoms. The molecule has 146 valence electrons. The minimum atomic E-state index is -3.45. The Hall–Kier alpha value is -2.22. The molecule has 1 heterocycles. The van der Waals surface area contributed by atoms with Gasteiger partial charge < -0.3 is 0 Å². The highest BCUT2D eigenvalue weighted by atomic mass is 35.5. The van der Waals surface area contributed by atoms with Gasteiger partial charge in [-0.3, -0.25) is 10.1 Å². The summed E-state index contributed by atoms with van der Waals surface area (Å²) in [7, 11) is -3.45. The Morgan fingerprint density at radius 2 is 1.82 bits per heavy atom. The van der Waals surface area contributed by atoms with Crippen molar-refractivity contribution in [3.8, 4) is 11.3 Å². The van der Waals surface area contributed by atoms with Gasteiger partial charge in [0.15, 0.2) is 15.0 Å². The molecule has 1 aromatic heterocycles. The molecule has 28 heavy (non-hydrogen) atoms.